The summed E-state index contributed by atoms with van der Waals surface area (Å²) in [5, 5.41) is 3.93. The van der Waals surface area contributed by atoms with Crippen LogP contribution in [0.15, 0.2) is 12.5 Å². The molecule has 0 aliphatic carbocycles. The molecule has 0 atom stereocenters. The summed E-state index contributed by atoms with van der Waals surface area (Å²) in [4.78, 5) is 8.02. The first-order chi connectivity index (χ1) is 5.27. The number of nitrogen functional groups attached to an aromatic ring is 1. The van der Waals surface area contributed by atoms with Gasteiger partial charge in [0.05, 0.1) is 11.9 Å². The Morgan fingerprint density at radius 3 is 3.18 bits per heavy atom. The summed E-state index contributed by atoms with van der Waals surface area (Å²) in [6.45, 7) is 1.85. The highest BCUT2D eigenvalue weighted by atomic mass is 15.3. The molecule has 0 aliphatic heterocycles. The highest BCUT2D eigenvalue weighted by molar-refractivity contribution is 5.45. The quantitative estimate of drug-likeness (QED) is 0.573. The predicted octanol–water partition coefficient (Wildman–Crippen LogP) is 0.0149. The third kappa shape index (κ3) is 0.813. The third-order valence-corrected chi connectivity index (χ3v) is 1.45. The third-order valence-electron chi connectivity index (χ3n) is 1.45. The lowest BCUT2D eigenvalue weighted by molar-refractivity contribution is 0.939. The Hall–Kier alpha value is -1.65. The van der Waals surface area contributed by atoms with Gasteiger partial charge in [-0.3, -0.25) is 0 Å². The van der Waals surface area contributed by atoms with Crippen molar-refractivity contribution in [3.8, 4) is 0 Å². The Kier molecular flexibility index (Phi) is 1.06. The molecule has 0 unspecified atom stereocenters. The topological polar surface area (TPSA) is 69.1 Å². The van der Waals surface area contributed by atoms with Crippen LogP contribution in [0.4, 0.5) is 5.82 Å². The number of hydrogen-bond donors (Lipinski definition) is 1. The molecular weight excluding hydrogens is 142 g/mol. The molecule has 2 aromatic rings. The molecule has 56 valence electrons. The zero-order valence-electron chi connectivity index (χ0n) is 6.02. The summed E-state index contributed by atoms with van der Waals surface area (Å²) in [5.74, 6) is 0.459. The fraction of sp³-hybridized carbons (Fsp3) is 0.167. The lowest BCUT2D eigenvalue weighted by Crippen LogP contribution is -1.98. The van der Waals surface area contributed by atoms with E-state index in [1.165, 1.54) is 6.33 Å². The van der Waals surface area contributed by atoms with Crippen LogP contribution in [0.2, 0.25) is 0 Å². The first kappa shape index (κ1) is 6.09. The lowest BCUT2D eigenvalue weighted by atomic mass is 10.5. The number of hydrogen-bond acceptors (Lipinski definition) is 4. The summed E-state index contributed by atoms with van der Waals surface area (Å²) in [6, 6.07) is 0. The SMILES string of the molecule is Cc1nc(N)cn2ncnc12. The molecule has 0 aliphatic rings. The zero-order chi connectivity index (χ0) is 7.84. The minimum Gasteiger partial charge on any atom is -0.382 e. The molecule has 2 heterocycles. The lowest BCUT2D eigenvalue weighted by Gasteiger charge is -1.96. The van der Waals surface area contributed by atoms with Crippen LogP contribution >= 0.6 is 0 Å². The minimum absolute atomic E-state index is 0.459. The van der Waals surface area contributed by atoms with Crippen LogP contribution in [0, 0.1) is 6.92 Å². The van der Waals surface area contributed by atoms with Gasteiger partial charge in [0.15, 0.2) is 5.65 Å². The molecule has 11 heavy (non-hydrogen) atoms. The van der Waals surface area contributed by atoms with Gasteiger partial charge < -0.3 is 5.73 Å². The van der Waals surface area contributed by atoms with Crippen molar-refractivity contribution >= 4 is 11.5 Å². The summed E-state index contributed by atoms with van der Waals surface area (Å²) >= 11 is 0. The first-order valence-electron chi connectivity index (χ1n) is 3.20. The van der Waals surface area contributed by atoms with Crippen LogP contribution in [0.3, 0.4) is 0 Å². The fourth-order valence-electron chi connectivity index (χ4n) is 1.00. The van der Waals surface area contributed by atoms with Crippen molar-refractivity contribution in [2.24, 2.45) is 0 Å². The van der Waals surface area contributed by atoms with E-state index in [-0.39, 0.29) is 0 Å². The van der Waals surface area contributed by atoms with Crippen molar-refractivity contribution in [2.75, 3.05) is 5.73 Å². The summed E-state index contributed by atoms with van der Waals surface area (Å²) < 4.78 is 1.61. The Balaban J connectivity index is 2.91. The van der Waals surface area contributed by atoms with Crippen molar-refractivity contribution in [1.82, 2.24) is 19.6 Å². The van der Waals surface area contributed by atoms with Crippen molar-refractivity contribution in [1.29, 1.82) is 0 Å². The van der Waals surface area contributed by atoms with E-state index in [9.17, 15) is 0 Å². The van der Waals surface area contributed by atoms with Crippen LogP contribution in [-0.4, -0.2) is 19.6 Å². The molecule has 0 spiro atoms. The number of fused-ring (bicyclic) bond motifs is 1. The molecule has 0 aromatic carbocycles. The van der Waals surface area contributed by atoms with Gasteiger partial charge in [0.1, 0.15) is 12.1 Å². The van der Waals surface area contributed by atoms with Gasteiger partial charge >= 0.3 is 0 Å². The van der Waals surface area contributed by atoms with Gasteiger partial charge in [0.25, 0.3) is 0 Å². The molecule has 5 nitrogen and oxygen atoms in total. The highest BCUT2D eigenvalue weighted by Gasteiger charge is 2.00. The number of anilines is 1. The Bertz CT molecular complexity index is 391. The second kappa shape index (κ2) is 1.91. The van der Waals surface area contributed by atoms with Gasteiger partial charge in [-0.1, -0.05) is 0 Å². The number of nitrogens with zero attached hydrogens (tertiary/aromatic N) is 4. The van der Waals surface area contributed by atoms with Gasteiger partial charge in [-0.2, -0.15) is 5.10 Å². The van der Waals surface area contributed by atoms with E-state index in [2.05, 4.69) is 15.1 Å². The fourth-order valence-corrected chi connectivity index (χ4v) is 1.00. The van der Waals surface area contributed by atoms with E-state index in [4.69, 9.17) is 5.73 Å². The molecule has 2 aromatic heterocycles. The number of rotatable bonds is 0. The van der Waals surface area contributed by atoms with Gasteiger partial charge in [-0.25, -0.2) is 14.5 Å². The molecule has 0 saturated heterocycles. The van der Waals surface area contributed by atoms with Crippen LogP contribution in [0.5, 0.6) is 0 Å². The molecule has 2 rings (SSSR count). The minimum atomic E-state index is 0.459. The Labute approximate surface area is 62.9 Å². The maximum atomic E-state index is 5.48. The maximum Gasteiger partial charge on any atom is 0.176 e. The standard InChI is InChI=1S/C6H7N5/c1-4-6-8-3-9-11(6)2-5(7)10-4/h2-3H,7H2,1H3. The van der Waals surface area contributed by atoms with Crippen molar-refractivity contribution in [3.63, 3.8) is 0 Å². The van der Waals surface area contributed by atoms with Gasteiger partial charge in [0.2, 0.25) is 0 Å². The smallest absolute Gasteiger partial charge is 0.176 e. The number of aryl methyl sites for hydroxylation is 1. The molecular formula is C6H7N5. The van der Waals surface area contributed by atoms with E-state index in [1.54, 1.807) is 10.7 Å². The molecule has 5 heteroatoms. The number of nitrogens with two attached hydrogens (primary N) is 1. The van der Waals surface area contributed by atoms with Crippen molar-refractivity contribution in [3.05, 3.63) is 18.2 Å². The van der Waals surface area contributed by atoms with E-state index in [1.807, 2.05) is 6.92 Å². The first-order valence-corrected chi connectivity index (χ1v) is 3.20. The average molecular weight is 149 g/mol. The van der Waals surface area contributed by atoms with Crippen LogP contribution < -0.4 is 5.73 Å². The Morgan fingerprint density at radius 1 is 1.55 bits per heavy atom. The second-order valence-corrected chi connectivity index (χ2v) is 2.28. The monoisotopic (exact) mass is 149 g/mol. The average Bonchev–Trinajstić information content (AvgIpc) is 2.34. The molecule has 0 fully saturated rings. The second-order valence-electron chi connectivity index (χ2n) is 2.28. The van der Waals surface area contributed by atoms with Crippen LogP contribution in [0.1, 0.15) is 5.69 Å². The van der Waals surface area contributed by atoms with Gasteiger partial charge in [0, 0.05) is 0 Å². The van der Waals surface area contributed by atoms with Crippen molar-refractivity contribution < 1.29 is 0 Å². The van der Waals surface area contributed by atoms with E-state index in [0.717, 1.165) is 11.3 Å². The van der Waals surface area contributed by atoms with Crippen LogP contribution in [-0.2, 0) is 0 Å². The summed E-state index contributed by atoms with van der Waals surface area (Å²) in [7, 11) is 0. The molecule has 0 radical (unpaired) electrons. The largest absolute Gasteiger partial charge is 0.382 e. The molecule has 2 N–H and O–H groups in total. The molecule has 0 amide bonds. The van der Waals surface area contributed by atoms with Crippen molar-refractivity contribution in [2.45, 2.75) is 6.92 Å². The normalized spacial score (nSPS) is 10.6. The highest BCUT2D eigenvalue weighted by Crippen LogP contribution is 2.04. The van der Waals surface area contributed by atoms with Gasteiger partial charge in [-0.15, -0.1) is 0 Å². The summed E-state index contributed by atoms with van der Waals surface area (Å²) in [6.07, 6.45) is 3.11. The van der Waals surface area contributed by atoms with E-state index in [0.29, 0.717) is 5.82 Å². The molecule has 0 bridgehead atoms. The zero-order valence-corrected chi connectivity index (χ0v) is 6.02. The van der Waals surface area contributed by atoms with Crippen LogP contribution in [0.25, 0.3) is 5.65 Å². The number of aromatic nitrogens is 4. The predicted molar refractivity (Wildman–Crippen MR) is 39.9 cm³/mol. The Morgan fingerprint density at radius 2 is 2.36 bits per heavy atom. The summed E-state index contributed by atoms with van der Waals surface area (Å²) in [5.41, 5.74) is 7.03. The van der Waals surface area contributed by atoms with Gasteiger partial charge in [-0.05, 0) is 6.92 Å². The maximum absolute atomic E-state index is 5.48. The van der Waals surface area contributed by atoms with E-state index < -0.39 is 0 Å². The molecule has 0 saturated carbocycles. The van der Waals surface area contributed by atoms with E-state index >= 15 is 0 Å².